The minimum Gasteiger partial charge on any atom is -0.324 e. The van der Waals surface area contributed by atoms with Crippen LogP contribution in [0.25, 0.3) is 5.69 Å². The van der Waals surface area contributed by atoms with Crippen LogP contribution in [-0.4, -0.2) is 14.8 Å². The van der Waals surface area contributed by atoms with Crippen molar-refractivity contribution >= 4 is 0 Å². The Morgan fingerprint density at radius 3 is 2.65 bits per heavy atom. The normalized spacial score (nSPS) is 11.1. The van der Waals surface area contributed by atoms with E-state index in [0.717, 1.165) is 5.82 Å². The molecule has 0 aliphatic carbocycles. The van der Waals surface area contributed by atoms with Gasteiger partial charge in [-0.25, -0.2) is 14.1 Å². The quantitative estimate of drug-likeness (QED) is 0.883. The van der Waals surface area contributed by atoms with Crippen molar-refractivity contribution in [3.8, 4) is 5.69 Å². The minimum absolute atomic E-state index is 0.155. The third kappa shape index (κ3) is 2.19. The van der Waals surface area contributed by atoms with Gasteiger partial charge in [-0.1, -0.05) is 26.0 Å². The first kappa shape index (κ1) is 11.7. The number of rotatable bonds is 3. The van der Waals surface area contributed by atoms with E-state index < -0.39 is 0 Å². The van der Waals surface area contributed by atoms with Gasteiger partial charge in [0.05, 0.1) is 6.54 Å². The molecule has 0 bridgehead atoms. The van der Waals surface area contributed by atoms with Gasteiger partial charge in [0.25, 0.3) is 0 Å². The molecule has 0 aliphatic heterocycles. The number of nitrogens with zero attached hydrogens (tertiary/aromatic N) is 3. The molecule has 0 amide bonds. The molecule has 17 heavy (non-hydrogen) atoms. The summed E-state index contributed by atoms with van der Waals surface area (Å²) < 4.78 is 15.2. The Morgan fingerprint density at radius 1 is 1.35 bits per heavy atom. The summed E-state index contributed by atoms with van der Waals surface area (Å²) in [5.74, 6) is 1.08. The first-order valence-corrected chi connectivity index (χ1v) is 5.54. The Labute approximate surface area is 99.3 Å². The zero-order valence-corrected chi connectivity index (χ0v) is 9.89. The molecule has 2 N–H and O–H groups in total. The predicted octanol–water partition coefficient (Wildman–Crippen LogP) is 1.99. The Morgan fingerprint density at radius 2 is 2.06 bits per heavy atom. The highest BCUT2D eigenvalue weighted by molar-refractivity contribution is 5.33. The summed E-state index contributed by atoms with van der Waals surface area (Å²) in [6, 6.07) is 6.50. The average molecular weight is 234 g/mol. The van der Waals surface area contributed by atoms with Gasteiger partial charge in [-0.15, -0.1) is 5.10 Å². The lowest BCUT2D eigenvalue weighted by Gasteiger charge is -2.08. The fraction of sp³-hybridized carbons (Fsp3) is 0.333. The van der Waals surface area contributed by atoms with Crippen LogP contribution < -0.4 is 5.73 Å². The van der Waals surface area contributed by atoms with Crippen LogP contribution in [0, 0.1) is 5.82 Å². The van der Waals surface area contributed by atoms with E-state index >= 15 is 0 Å². The molecule has 2 rings (SSSR count). The van der Waals surface area contributed by atoms with Crippen molar-refractivity contribution in [2.24, 2.45) is 5.73 Å². The molecule has 0 saturated carbocycles. The van der Waals surface area contributed by atoms with Crippen LogP contribution in [-0.2, 0) is 6.54 Å². The van der Waals surface area contributed by atoms with Gasteiger partial charge in [0.1, 0.15) is 17.3 Å². The topological polar surface area (TPSA) is 56.7 Å². The summed E-state index contributed by atoms with van der Waals surface area (Å²) in [4.78, 5) is 4.31. The van der Waals surface area contributed by atoms with Crippen molar-refractivity contribution in [2.45, 2.75) is 26.3 Å². The summed E-state index contributed by atoms with van der Waals surface area (Å²) in [5.41, 5.74) is 5.92. The van der Waals surface area contributed by atoms with Crippen molar-refractivity contribution in [1.29, 1.82) is 0 Å². The lowest BCUT2D eigenvalue weighted by molar-refractivity contribution is 0.599. The van der Waals surface area contributed by atoms with Crippen LogP contribution in [0.5, 0.6) is 0 Å². The molecule has 0 aliphatic rings. The van der Waals surface area contributed by atoms with Gasteiger partial charge in [0.15, 0.2) is 5.82 Å². The smallest absolute Gasteiger partial charge is 0.164 e. The summed E-state index contributed by atoms with van der Waals surface area (Å²) in [6.07, 6.45) is 0. The highest BCUT2D eigenvalue weighted by atomic mass is 19.1. The second-order valence-corrected chi connectivity index (χ2v) is 4.11. The summed E-state index contributed by atoms with van der Waals surface area (Å²) >= 11 is 0. The van der Waals surface area contributed by atoms with Gasteiger partial charge in [-0.2, -0.15) is 0 Å². The van der Waals surface area contributed by atoms with Crippen molar-refractivity contribution in [3.63, 3.8) is 0 Å². The number of hydrogen-bond donors (Lipinski definition) is 1. The summed E-state index contributed by atoms with van der Waals surface area (Å²) in [5, 5.41) is 4.22. The van der Waals surface area contributed by atoms with Crippen LogP contribution in [0.1, 0.15) is 31.4 Å². The molecule has 0 unspecified atom stereocenters. The zero-order chi connectivity index (χ0) is 12.4. The van der Waals surface area contributed by atoms with Crippen molar-refractivity contribution in [3.05, 3.63) is 41.7 Å². The highest BCUT2D eigenvalue weighted by Gasteiger charge is 2.15. The first-order valence-electron chi connectivity index (χ1n) is 5.54. The Hall–Kier alpha value is -1.75. The molecule has 5 heteroatoms. The Bertz CT molecular complexity index is 519. The first-order chi connectivity index (χ1) is 8.13. The number of benzene rings is 1. The summed E-state index contributed by atoms with van der Waals surface area (Å²) in [6.45, 7) is 4.23. The van der Waals surface area contributed by atoms with E-state index in [1.807, 2.05) is 13.8 Å². The SMILES string of the molecule is CC(C)c1nc(CN)nn1-c1ccccc1F. The van der Waals surface area contributed by atoms with Crippen molar-refractivity contribution in [2.75, 3.05) is 0 Å². The molecule has 1 aromatic carbocycles. The molecule has 0 saturated heterocycles. The zero-order valence-electron chi connectivity index (χ0n) is 9.89. The number of halogens is 1. The second kappa shape index (κ2) is 4.63. The minimum atomic E-state index is -0.317. The van der Waals surface area contributed by atoms with E-state index in [0.29, 0.717) is 11.5 Å². The van der Waals surface area contributed by atoms with Gasteiger partial charge in [0.2, 0.25) is 0 Å². The fourth-order valence-corrected chi connectivity index (χ4v) is 1.63. The van der Waals surface area contributed by atoms with E-state index in [1.54, 1.807) is 18.2 Å². The molecule has 1 heterocycles. The number of para-hydroxylation sites is 1. The largest absolute Gasteiger partial charge is 0.324 e. The third-order valence-electron chi connectivity index (χ3n) is 2.46. The monoisotopic (exact) mass is 234 g/mol. The van der Waals surface area contributed by atoms with Crippen molar-refractivity contribution in [1.82, 2.24) is 14.8 Å². The van der Waals surface area contributed by atoms with Gasteiger partial charge in [-0.3, -0.25) is 0 Å². The Balaban J connectivity index is 2.58. The molecule has 0 radical (unpaired) electrons. The van der Waals surface area contributed by atoms with E-state index in [9.17, 15) is 4.39 Å². The maximum Gasteiger partial charge on any atom is 0.164 e. The van der Waals surface area contributed by atoms with Crippen LogP contribution in [0.15, 0.2) is 24.3 Å². The van der Waals surface area contributed by atoms with E-state index in [-0.39, 0.29) is 18.3 Å². The lowest BCUT2D eigenvalue weighted by Crippen LogP contribution is -2.06. The highest BCUT2D eigenvalue weighted by Crippen LogP contribution is 2.19. The van der Waals surface area contributed by atoms with Crippen LogP contribution in [0.4, 0.5) is 4.39 Å². The molecule has 0 atom stereocenters. The van der Waals surface area contributed by atoms with Crippen LogP contribution in [0.2, 0.25) is 0 Å². The summed E-state index contributed by atoms with van der Waals surface area (Å²) in [7, 11) is 0. The Kier molecular flexibility index (Phi) is 3.19. The molecule has 90 valence electrons. The van der Waals surface area contributed by atoms with Gasteiger partial charge >= 0.3 is 0 Å². The van der Waals surface area contributed by atoms with Gasteiger partial charge < -0.3 is 5.73 Å². The standard InChI is InChI=1S/C12H15FN4/c1-8(2)12-15-11(7-14)16-17(12)10-6-4-3-5-9(10)13/h3-6,8H,7,14H2,1-2H3. The molecular weight excluding hydrogens is 219 g/mol. The molecule has 0 fully saturated rings. The second-order valence-electron chi connectivity index (χ2n) is 4.11. The van der Waals surface area contributed by atoms with E-state index in [4.69, 9.17) is 5.73 Å². The van der Waals surface area contributed by atoms with Crippen molar-refractivity contribution < 1.29 is 4.39 Å². The van der Waals surface area contributed by atoms with Crippen LogP contribution in [0.3, 0.4) is 0 Å². The van der Waals surface area contributed by atoms with E-state index in [2.05, 4.69) is 10.1 Å². The lowest BCUT2D eigenvalue weighted by atomic mass is 10.2. The number of hydrogen-bond acceptors (Lipinski definition) is 3. The van der Waals surface area contributed by atoms with E-state index in [1.165, 1.54) is 10.7 Å². The molecule has 4 nitrogen and oxygen atoms in total. The van der Waals surface area contributed by atoms with Gasteiger partial charge in [0, 0.05) is 5.92 Å². The fourth-order valence-electron chi connectivity index (χ4n) is 1.63. The number of nitrogens with two attached hydrogens (primary N) is 1. The molecular formula is C12H15FN4. The predicted molar refractivity (Wildman–Crippen MR) is 63.3 cm³/mol. The molecule has 1 aromatic heterocycles. The number of aromatic nitrogens is 3. The van der Waals surface area contributed by atoms with Gasteiger partial charge in [-0.05, 0) is 12.1 Å². The maximum absolute atomic E-state index is 13.7. The average Bonchev–Trinajstić information content (AvgIpc) is 2.73. The maximum atomic E-state index is 13.7. The molecule has 0 spiro atoms. The molecule has 2 aromatic rings. The van der Waals surface area contributed by atoms with Crippen LogP contribution >= 0.6 is 0 Å². The third-order valence-corrected chi connectivity index (χ3v) is 2.46.